The molecule has 246 valence electrons. The lowest BCUT2D eigenvalue weighted by Gasteiger charge is -2.33. The highest BCUT2D eigenvalue weighted by atomic mass is 35.5. The molecule has 3 fully saturated rings. The number of ether oxygens (including phenoxy) is 1. The van der Waals surface area contributed by atoms with Crippen molar-refractivity contribution in [3.63, 3.8) is 0 Å². The van der Waals surface area contributed by atoms with E-state index in [2.05, 4.69) is 10.0 Å². The summed E-state index contributed by atoms with van der Waals surface area (Å²) >= 11 is 6.00. The number of sulfonamides is 1. The molecule has 1 aliphatic carbocycles. The van der Waals surface area contributed by atoms with Gasteiger partial charge in [0.25, 0.3) is 5.92 Å². The SMILES string of the molecule is O=C([C@@H](NS(=O)(=O)c1ccc2cc(OC3CCCC3)ccc2c1)C(F)(F)c1ccc(-c2ccc(Cl)cc2)cc1)N1CCC2CNC[C@@H]21. The van der Waals surface area contributed by atoms with E-state index in [0.29, 0.717) is 47.8 Å². The summed E-state index contributed by atoms with van der Waals surface area (Å²) in [6.07, 6.45) is 5.13. The van der Waals surface area contributed by atoms with Gasteiger partial charge in [0.15, 0.2) is 6.04 Å². The van der Waals surface area contributed by atoms with E-state index < -0.39 is 33.5 Å². The lowest BCUT2D eigenvalue weighted by Crippen LogP contribution is -2.57. The smallest absolute Gasteiger partial charge is 0.298 e. The molecule has 1 amide bonds. The molecule has 4 aromatic rings. The average Bonchev–Trinajstić information content (AvgIpc) is 3.84. The van der Waals surface area contributed by atoms with Crippen LogP contribution in [-0.2, 0) is 20.7 Å². The van der Waals surface area contributed by atoms with Gasteiger partial charge >= 0.3 is 0 Å². The summed E-state index contributed by atoms with van der Waals surface area (Å²) in [6, 6.07) is 19.7. The largest absolute Gasteiger partial charge is 0.490 e. The molecule has 2 N–H and O–H groups in total. The number of carbonyl (C=O) groups is 1. The number of likely N-dealkylation sites (tertiary alicyclic amines) is 1. The van der Waals surface area contributed by atoms with Crippen molar-refractivity contribution in [2.24, 2.45) is 5.92 Å². The fraction of sp³-hybridized carbons (Fsp3) is 0.361. The van der Waals surface area contributed by atoms with Gasteiger partial charge < -0.3 is 15.0 Å². The molecule has 0 aromatic heterocycles. The summed E-state index contributed by atoms with van der Waals surface area (Å²) in [4.78, 5) is 15.2. The normalized spacial score (nSPS) is 20.9. The van der Waals surface area contributed by atoms with Crippen LogP contribution in [0, 0.1) is 5.92 Å². The van der Waals surface area contributed by atoms with E-state index in [4.69, 9.17) is 16.3 Å². The predicted octanol–water partition coefficient (Wildman–Crippen LogP) is 6.74. The van der Waals surface area contributed by atoms with Crippen LogP contribution in [0.25, 0.3) is 21.9 Å². The molecule has 0 bridgehead atoms. The Morgan fingerprint density at radius 2 is 1.55 bits per heavy atom. The molecule has 7 rings (SSSR count). The molecule has 1 unspecified atom stereocenters. The van der Waals surface area contributed by atoms with Gasteiger partial charge in [0.1, 0.15) is 5.75 Å². The lowest BCUT2D eigenvalue weighted by atomic mass is 9.97. The minimum atomic E-state index is -4.56. The van der Waals surface area contributed by atoms with Crippen LogP contribution in [0.15, 0.2) is 89.8 Å². The Morgan fingerprint density at radius 3 is 2.28 bits per heavy atom. The number of halogens is 3. The summed E-state index contributed by atoms with van der Waals surface area (Å²) in [5.74, 6) is -3.95. The number of alkyl halides is 2. The Hall–Kier alpha value is -3.57. The molecule has 4 aromatic carbocycles. The van der Waals surface area contributed by atoms with E-state index in [1.807, 2.05) is 6.07 Å². The summed E-state index contributed by atoms with van der Waals surface area (Å²) in [5.41, 5.74) is 0.991. The van der Waals surface area contributed by atoms with Crippen LogP contribution >= 0.6 is 11.6 Å². The van der Waals surface area contributed by atoms with Crippen LogP contribution in [0.5, 0.6) is 5.75 Å². The molecule has 2 saturated heterocycles. The van der Waals surface area contributed by atoms with Crippen LogP contribution in [0.4, 0.5) is 8.78 Å². The summed E-state index contributed by atoms with van der Waals surface area (Å²) in [7, 11) is -4.56. The third-order valence-electron chi connectivity index (χ3n) is 9.76. The van der Waals surface area contributed by atoms with Gasteiger partial charge in [0.05, 0.1) is 11.0 Å². The number of rotatable bonds is 9. The van der Waals surface area contributed by atoms with Crippen LogP contribution < -0.4 is 14.8 Å². The second-order valence-electron chi connectivity index (χ2n) is 12.8. The van der Waals surface area contributed by atoms with Gasteiger partial charge in [-0.15, -0.1) is 0 Å². The van der Waals surface area contributed by atoms with Gasteiger partial charge in [-0.3, -0.25) is 4.79 Å². The van der Waals surface area contributed by atoms with Crippen molar-refractivity contribution in [1.29, 1.82) is 0 Å². The van der Waals surface area contributed by atoms with Crippen molar-refractivity contribution in [2.75, 3.05) is 19.6 Å². The maximum atomic E-state index is 16.5. The first-order valence-corrected chi connectivity index (χ1v) is 17.9. The number of nitrogens with zero attached hydrogens (tertiary/aromatic N) is 1. The molecule has 47 heavy (non-hydrogen) atoms. The second-order valence-corrected chi connectivity index (χ2v) is 14.9. The first-order valence-electron chi connectivity index (χ1n) is 16.1. The number of amides is 1. The van der Waals surface area contributed by atoms with E-state index >= 15 is 8.78 Å². The molecular formula is C36H36ClF2N3O4S. The van der Waals surface area contributed by atoms with Gasteiger partial charge in [-0.2, -0.15) is 13.5 Å². The van der Waals surface area contributed by atoms with Crippen molar-refractivity contribution < 1.29 is 26.7 Å². The Labute approximate surface area is 278 Å². The molecule has 3 aliphatic rings. The van der Waals surface area contributed by atoms with Crippen LogP contribution in [0.1, 0.15) is 37.7 Å². The van der Waals surface area contributed by atoms with E-state index in [1.165, 1.54) is 41.3 Å². The highest BCUT2D eigenvalue weighted by Crippen LogP contribution is 2.38. The zero-order chi connectivity index (χ0) is 32.8. The number of fused-ring (bicyclic) bond motifs is 2. The highest BCUT2D eigenvalue weighted by molar-refractivity contribution is 7.89. The van der Waals surface area contributed by atoms with E-state index in [0.717, 1.165) is 36.6 Å². The first kappa shape index (κ1) is 32.0. The maximum absolute atomic E-state index is 16.5. The van der Waals surface area contributed by atoms with Gasteiger partial charge in [0.2, 0.25) is 15.9 Å². The summed E-state index contributed by atoms with van der Waals surface area (Å²) in [5, 5.41) is 5.14. The molecule has 11 heteroatoms. The number of benzene rings is 4. The number of hydrogen-bond acceptors (Lipinski definition) is 5. The van der Waals surface area contributed by atoms with Gasteiger partial charge in [-0.1, -0.05) is 60.1 Å². The number of hydrogen-bond donors (Lipinski definition) is 2. The van der Waals surface area contributed by atoms with Crippen molar-refractivity contribution in [3.05, 3.63) is 95.5 Å². The Balaban J connectivity index is 1.19. The second kappa shape index (κ2) is 12.8. The minimum Gasteiger partial charge on any atom is -0.490 e. The van der Waals surface area contributed by atoms with Gasteiger partial charge in [-0.25, -0.2) is 8.42 Å². The Bertz CT molecular complexity index is 1880. The number of carbonyl (C=O) groups excluding carboxylic acids is 1. The van der Waals surface area contributed by atoms with Crippen molar-refractivity contribution >= 4 is 38.3 Å². The molecular weight excluding hydrogens is 644 g/mol. The van der Waals surface area contributed by atoms with E-state index in [1.54, 1.807) is 42.5 Å². The third-order valence-corrected chi connectivity index (χ3v) is 11.4. The van der Waals surface area contributed by atoms with Crippen molar-refractivity contribution in [2.45, 2.75) is 61.1 Å². The summed E-state index contributed by atoms with van der Waals surface area (Å²) in [6.45, 7) is 1.47. The lowest BCUT2D eigenvalue weighted by molar-refractivity contribution is -0.145. The third kappa shape index (κ3) is 6.48. The standard InChI is InChI=1S/C36H36ClF2N3O4S/c37-29-13-7-24(8-14-29)23-5-11-28(12-6-23)36(38,39)34(35(43)42-18-17-27-21-40-22-33(27)42)41-47(44,45)32-16-10-25-19-31(15-9-26(25)20-32)46-30-3-1-2-4-30/h5-16,19-20,27,30,33-34,40-41H,1-4,17-18,21-22H2/t27?,33-,34+/m0/s1. The van der Waals surface area contributed by atoms with Crippen molar-refractivity contribution in [1.82, 2.24) is 14.9 Å². The van der Waals surface area contributed by atoms with E-state index in [-0.39, 0.29) is 23.0 Å². The number of nitrogens with one attached hydrogen (secondary N) is 2. The highest BCUT2D eigenvalue weighted by Gasteiger charge is 2.52. The minimum absolute atomic E-state index is 0.145. The summed E-state index contributed by atoms with van der Waals surface area (Å²) < 4.78 is 69.0. The van der Waals surface area contributed by atoms with Crippen LogP contribution in [-0.4, -0.2) is 57.0 Å². The zero-order valence-electron chi connectivity index (χ0n) is 25.7. The molecule has 7 nitrogen and oxygen atoms in total. The average molecular weight is 680 g/mol. The fourth-order valence-electron chi connectivity index (χ4n) is 7.13. The fourth-order valence-corrected chi connectivity index (χ4v) is 8.48. The molecule has 0 spiro atoms. The topological polar surface area (TPSA) is 87.7 Å². The Morgan fingerprint density at radius 1 is 0.894 bits per heavy atom. The first-order chi connectivity index (χ1) is 22.6. The van der Waals surface area contributed by atoms with Crippen LogP contribution in [0.3, 0.4) is 0 Å². The van der Waals surface area contributed by atoms with Gasteiger partial charge in [0, 0.05) is 36.3 Å². The van der Waals surface area contributed by atoms with Crippen LogP contribution in [0.2, 0.25) is 5.02 Å². The quantitative estimate of drug-likeness (QED) is 0.205. The van der Waals surface area contributed by atoms with Crippen molar-refractivity contribution in [3.8, 4) is 16.9 Å². The molecule has 1 saturated carbocycles. The monoisotopic (exact) mass is 679 g/mol. The Kier molecular flexibility index (Phi) is 8.72. The van der Waals surface area contributed by atoms with E-state index in [9.17, 15) is 13.2 Å². The zero-order valence-corrected chi connectivity index (χ0v) is 27.2. The predicted molar refractivity (Wildman–Crippen MR) is 178 cm³/mol. The van der Waals surface area contributed by atoms with Gasteiger partial charge in [-0.05, 0) is 96.3 Å². The molecule has 2 aliphatic heterocycles. The molecule has 2 heterocycles. The molecule has 0 radical (unpaired) electrons. The molecule has 3 atom stereocenters. The maximum Gasteiger partial charge on any atom is 0.298 e.